The highest BCUT2D eigenvalue weighted by atomic mass is 35.5. The number of benzene rings is 1. The van der Waals surface area contributed by atoms with Gasteiger partial charge in [0.25, 0.3) is 0 Å². The number of carboxylic acid groups (broad SMARTS) is 1. The van der Waals surface area contributed by atoms with E-state index in [2.05, 4.69) is 4.98 Å². The van der Waals surface area contributed by atoms with Gasteiger partial charge in [0.2, 0.25) is 0 Å². The number of likely N-dealkylation sites (tertiary alicyclic amines) is 1. The van der Waals surface area contributed by atoms with Crippen LogP contribution in [0.1, 0.15) is 27.2 Å². The van der Waals surface area contributed by atoms with E-state index in [9.17, 15) is 14.7 Å². The Morgan fingerprint density at radius 3 is 2.70 bits per heavy atom. The highest BCUT2D eigenvalue weighted by molar-refractivity contribution is 6.35. The lowest BCUT2D eigenvalue weighted by molar-refractivity contribution is -0.142. The molecule has 1 aromatic carbocycles. The van der Waals surface area contributed by atoms with E-state index in [1.54, 1.807) is 45.2 Å². The van der Waals surface area contributed by atoms with E-state index in [0.29, 0.717) is 16.3 Å². The standard InChI is InChI=1S/C19H21ClN2O5/c1-19(2,3)27-18(25)22-10-11(9-14(22)17(23)24)26-15-7-6-13(20)12-5-4-8-21-16(12)15/h4-8,11,14H,9-10H2,1-3H3,(H,23,24)/t11-,14-/m0/s1. The van der Waals surface area contributed by atoms with Crippen molar-refractivity contribution in [2.45, 2.75) is 44.9 Å². The van der Waals surface area contributed by atoms with Gasteiger partial charge in [0.1, 0.15) is 29.0 Å². The second-order valence-corrected chi connectivity index (χ2v) is 7.81. The molecule has 1 aliphatic rings. The molecule has 1 N–H and O–H groups in total. The van der Waals surface area contributed by atoms with Crippen molar-refractivity contribution < 1.29 is 24.2 Å². The number of hydrogen-bond acceptors (Lipinski definition) is 5. The van der Waals surface area contributed by atoms with Gasteiger partial charge in [-0.25, -0.2) is 9.59 Å². The second kappa shape index (κ2) is 7.23. The van der Waals surface area contributed by atoms with Crippen LogP contribution in [0.3, 0.4) is 0 Å². The van der Waals surface area contributed by atoms with Crippen molar-refractivity contribution >= 4 is 34.6 Å². The fraction of sp³-hybridized carbons (Fsp3) is 0.421. The maximum absolute atomic E-state index is 12.4. The zero-order chi connectivity index (χ0) is 19.8. The number of aliphatic carboxylic acids is 1. The molecule has 1 fully saturated rings. The van der Waals surface area contributed by atoms with Gasteiger partial charge in [-0.05, 0) is 45.0 Å². The van der Waals surface area contributed by atoms with Crippen LogP contribution in [0.5, 0.6) is 5.75 Å². The monoisotopic (exact) mass is 392 g/mol. The first-order valence-electron chi connectivity index (χ1n) is 8.58. The van der Waals surface area contributed by atoms with Crippen LogP contribution in [0, 0.1) is 0 Å². The SMILES string of the molecule is CC(C)(C)OC(=O)N1C[C@@H](Oc2ccc(Cl)c3cccnc23)C[C@H]1C(=O)O. The molecule has 1 aliphatic heterocycles. The maximum Gasteiger partial charge on any atom is 0.411 e. The molecule has 1 amide bonds. The number of carbonyl (C=O) groups excluding carboxylic acids is 1. The minimum atomic E-state index is -1.09. The van der Waals surface area contributed by atoms with E-state index in [0.717, 1.165) is 5.39 Å². The van der Waals surface area contributed by atoms with Gasteiger partial charge < -0.3 is 14.6 Å². The van der Waals surface area contributed by atoms with E-state index in [4.69, 9.17) is 21.1 Å². The Morgan fingerprint density at radius 1 is 1.30 bits per heavy atom. The summed E-state index contributed by atoms with van der Waals surface area (Å²) in [4.78, 5) is 29.5. The van der Waals surface area contributed by atoms with Gasteiger partial charge >= 0.3 is 12.1 Å². The molecule has 0 bridgehead atoms. The third kappa shape index (κ3) is 4.24. The Kier molecular flexibility index (Phi) is 5.15. The number of fused-ring (bicyclic) bond motifs is 1. The summed E-state index contributed by atoms with van der Waals surface area (Å²) >= 11 is 6.19. The summed E-state index contributed by atoms with van der Waals surface area (Å²) in [5, 5.41) is 10.8. The molecule has 8 heteroatoms. The van der Waals surface area contributed by atoms with E-state index >= 15 is 0 Å². The summed E-state index contributed by atoms with van der Waals surface area (Å²) in [6.07, 6.45) is 0.628. The van der Waals surface area contributed by atoms with Crippen molar-refractivity contribution in [3.05, 3.63) is 35.5 Å². The molecule has 3 rings (SSSR count). The highest BCUT2D eigenvalue weighted by Crippen LogP contribution is 2.32. The number of aromatic nitrogens is 1. The van der Waals surface area contributed by atoms with Crippen molar-refractivity contribution in [2.75, 3.05) is 6.54 Å². The molecule has 2 aromatic rings. The van der Waals surface area contributed by atoms with Crippen LogP contribution < -0.4 is 4.74 Å². The van der Waals surface area contributed by atoms with Crippen LogP contribution in [-0.4, -0.2) is 51.3 Å². The number of halogens is 1. The number of rotatable bonds is 3. The quantitative estimate of drug-likeness (QED) is 0.856. The molecule has 1 aromatic heterocycles. The lowest BCUT2D eigenvalue weighted by atomic mass is 10.2. The molecular weight excluding hydrogens is 372 g/mol. The van der Waals surface area contributed by atoms with Crippen molar-refractivity contribution in [1.29, 1.82) is 0 Å². The van der Waals surface area contributed by atoms with Gasteiger partial charge in [0.05, 0.1) is 11.6 Å². The summed E-state index contributed by atoms with van der Waals surface area (Å²) in [6.45, 7) is 5.31. The van der Waals surface area contributed by atoms with E-state index in [1.165, 1.54) is 4.90 Å². The first kappa shape index (κ1) is 19.2. The van der Waals surface area contributed by atoms with Crippen molar-refractivity contribution in [3.63, 3.8) is 0 Å². The van der Waals surface area contributed by atoms with Crippen LogP contribution in [0.25, 0.3) is 10.9 Å². The summed E-state index contributed by atoms with van der Waals surface area (Å²) < 4.78 is 11.3. The molecule has 0 spiro atoms. The van der Waals surface area contributed by atoms with Crippen LogP contribution in [0.2, 0.25) is 5.02 Å². The normalized spacial score (nSPS) is 19.9. The fourth-order valence-electron chi connectivity index (χ4n) is 3.03. The van der Waals surface area contributed by atoms with E-state index in [1.807, 2.05) is 6.07 Å². The average molecular weight is 393 g/mol. The third-order valence-electron chi connectivity index (χ3n) is 4.15. The molecule has 144 valence electrons. The molecule has 0 saturated carbocycles. The summed E-state index contributed by atoms with van der Waals surface area (Å²) in [7, 11) is 0. The highest BCUT2D eigenvalue weighted by Gasteiger charge is 2.42. The predicted octanol–water partition coefficient (Wildman–Crippen LogP) is 3.73. The molecule has 27 heavy (non-hydrogen) atoms. The molecule has 0 aliphatic carbocycles. The Morgan fingerprint density at radius 2 is 2.04 bits per heavy atom. The van der Waals surface area contributed by atoms with Crippen molar-refractivity contribution in [2.24, 2.45) is 0 Å². The van der Waals surface area contributed by atoms with Gasteiger partial charge in [-0.3, -0.25) is 9.88 Å². The molecule has 2 atom stereocenters. The lowest BCUT2D eigenvalue weighted by Gasteiger charge is -2.26. The minimum absolute atomic E-state index is 0.114. The zero-order valence-electron chi connectivity index (χ0n) is 15.3. The smallest absolute Gasteiger partial charge is 0.411 e. The molecule has 2 heterocycles. The Hall–Kier alpha value is -2.54. The average Bonchev–Trinajstić information content (AvgIpc) is 3.01. The summed E-state index contributed by atoms with van der Waals surface area (Å²) in [6, 6.07) is 6.01. The Labute approximate surface area is 161 Å². The van der Waals surface area contributed by atoms with E-state index < -0.39 is 29.8 Å². The number of nitrogens with zero attached hydrogens (tertiary/aromatic N) is 2. The third-order valence-corrected chi connectivity index (χ3v) is 4.48. The topological polar surface area (TPSA) is 89.0 Å². The number of carboxylic acids is 1. The molecular formula is C19H21ClN2O5. The lowest BCUT2D eigenvalue weighted by Crippen LogP contribution is -2.43. The van der Waals surface area contributed by atoms with Gasteiger partial charge in [-0.1, -0.05) is 11.6 Å². The van der Waals surface area contributed by atoms with Gasteiger partial charge in [0.15, 0.2) is 0 Å². The first-order valence-corrected chi connectivity index (χ1v) is 8.96. The molecule has 0 unspecified atom stereocenters. The number of amides is 1. The number of hydrogen-bond donors (Lipinski definition) is 1. The predicted molar refractivity (Wildman–Crippen MR) is 100 cm³/mol. The van der Waals surface area contributed by atoms with Crippen molar-refractivity contribution in [1.82, 2.24) is 9.88 Å². The number of carbonyl (C=O) groups is 2. The Bertz CT molecular complexity index is 880. The van der Waals surface area contributed by atoms with Gasteiger partial charge in [0, 0.05) is 18.0 Å². The number of pyridine rings is 1. The van der Waals surface area contributed by atoms with Gasteiger partial charge in [-0.15, -0.1) is 0 Å². The molecule has 1 saturated heterocycles. The van der Waals surface area contributed by atoms with Crippen LogP contribution in [0.15, 0.2) is 30.5 Å². The molecule has 7 nitrogen and oxygen atoms in total. The Balaban J connectivity index is 1.82. The fourth-order valence-corrected chi connectivity index (χ4v) is 3.24. The van der Waals surface area contributed by atoms with Crippen LogP contribution in [0.4, 0.5) is 4.79 Å². The number of ether oxygens (including phenoxy) is 2. The van der Waals surface area contributed by atoms with Crippen molar-refractivity contribution in [3.8, 4) is 5.75 Å². The minimum Gasteiger partial charge on any atom is -0.486 e. The summed E-state index contributed by atoms with van der Waals surface area (Å²) in [5.41, 5.74) is -0.123. The largest absolute Gasteiger partial charge is 0.486 e. The zero-order valence-corrected chi connectivity index (χ0v) is 16.1. The summed E-state index contributed by atoms with van der Waals surface area (Å²) in [5.74, 6) is -0.596. The van der Waals surface area contributed by atoms with Gasteiger partial charge in [-0.2, -0.15) is 0 Å². The first-order chi connectivity index (χ1) is 12.7. The van der Waals surface area contributed by atoms with Crippen LogP contribution >= 0.6 is 11.6 Å². The van der Waals surface area contributed by atoms with Crippen LogP contribution in [-0.2, 0) is 9.53 Å². The molecule has 0 radical (unpaired) electrons. The second-order valence-electron chi connectivity index (χ2n) is 7.41. The van der Waals surface area contributed by atoms with E-state index in [-0.39, 0.29) is 13.0 Å². The maximum atomic E-state index is 12.4.